The van der Waals surface area contributed by atoms with E-state index in [1.807, 2.05) is 11.3 Å². The van der Waals surface area contributed by atoms with E-state index in [2.05, 4.69) is 30.7 Å². The first-order valence-corrected chi connectivity index (χ1v) is 6.89. The summed E-state index contributed by atoms with van der Waals surface area (Å²) in [6, 6.07) is 2.27. The average Bonchev–Trinajstić information content (AvgIpc) is 2.66. The molecule has 2 heteroatoms. The maximum absolute atomic E-state index is 3.35. The van der Waals surface area contributed by atoms with Crippen LogP contribution >= 0.6 is 11.3 Å². The molecule has 0 radical (unpaired) electrons. The lowest BCUT2D eigenvalue weighted by Gasteiger charge is -2.31. The van der Waals surface area contributed by atoms with E-state index in [0.717, 1.165) is 11.8 Å². The minimum atomic E-state index is 0.825. The van der Waals surface area contributed by atoms with E-state index in [1.54, 1.807) is 4.88 Å². The molecule has 2 atom stereocenters. The van der Waals surface area contributed by atoms with E-state index in [-0.39, 0.29) is 0 Å². The quantitative estimate of drug-likeness (QED) is 0.826. The van der Waals surface area contributed by atoms with Gasteiger partial charge in [-0.1, -0.05) is 12.8 Å². The van der Waals surface area contributed by atoms with Gasteiger partial charge in [0.25, 0.3) is 0 Å². The highest BCUT2D eigenvalue weighted by atomic mass is 32.1. The molecule has 1 saturated carbocycles. The van der Waals surface area contributed by atoms with E-state index in [0.29, 0.717) is 0 Å². The highest BCUT2D eigenvalue weighted by Gasteiger charge is 2.27. The van der Waals surface area contributed by atoms with Gasteiger partial charge in [-0.2, -0.15) is 0 Å². The van der Waals surface area contributed by atoms with Crippen LogP contribution in [0.2, 0.25) is 0 Å². The molecular formula is C13H21NS. The fraction of sp³-hybridized carbons (Fsp3) is 0.692. The summed E-state index contributed by atoms with van der Waals surface area (Å²) < 4.78 is 0. The minimum absolute atomic E-state index is 0.825. The lowest BCUT2D eigenvalue weighted by molar-refractivity contribution is 0.304. The zero-order valence-electron chi connectivity index (χ0n) is 9.75. The van der Waals surface area contributed by atoms with Gasteiger partial charge in [0.15, 0.2) is 0 Å². The van der Waals surface area contributed by atoms with Gasteiger partial charge in [-0.15, -0.1) is 11.3 Å². The summed E-state index contributed by atoms with van der Waals surface area (Å²) in [7, 11) is 2.08. The first-order chi connectivity index (χ1) is 7.33. The summed E-state index contributed by atoms with van der Waals surface area (Å²) in [5.74, 6) is 1.69. The van der Waals surface area contributed by atoms with Crippen LogP contribution in [0.1, 0.15) is 42.0 Å². The van der Waals surface area contributed by atoms with Gasteiger partial charge in [0.2, 0.25) is 0 Å². The third-order valence-corrected chi connectivity index (χ3v) is 4.76. The Morgan fingerprint density at radius 2 is 2.20 bits per heavy atom. The smallest absolute Gasteiger partial charge is 0.0109 e. The molecule has 1 fully saturated rings. The van der Waals surface area contributed by atoms with Gasteiger partial charge < -0.3 is 5.32 Å². The van der Waals surface area contributed by atoms with Crippen molar-refractivity contribution in [3.05, 3.63) is 21.9 Å². The Hall–Kier alpha value is -0.340. The lowest BCUT2D eigenvalue weighted by Crippen LogP contribution is -2.27. The average molecular weight is 223 g/mol. The minimum Gasteiger partial charge on any atom is -0.319 e. The van der Waals surface area contributed by atoms with Crippen molar-refractivity contribution < 1.29 is 0 Å². The molecule has 0 amide bonds. The van der Waals surface area contributed by atoms with Gasteiger partial charge in [0.1, 0.15) is 0 Å². The molecule has 0 aliphatic heterocycles. The monoisotopic (exact) mass is 223 g/mol. The van der Waals surface area contributed by atoms with Crippen molar-refractivity contribution in [2.45, 2.75) is 38.5 Å². The van der Waals surface area contributed by atoms with Crippen LogP contribution in [0.25, 0.3) is 0 Å². The Labute approximate surface area is 96.9 Å². The predicted molar refractivity (Wildman–Crippen MR) is 67.7 cm³/mol. The molecule has 2 unspecified atom stereocenters. The number of hydrogen-bond donors (Lipinski definition) is 1. The molecule has 0 aromatic carbocycles. The zero-order valence-corrected chi connectivity index (χ0v) is 10.6. The maximum Gasteiger partial charge on any atom is 0.0109 e. The molecule has 1 aromatic rings. The molecule has 15 heavy (non-hydrogen) atoms. The Bertz CT molecular complexity index is 303. The van der Waals surface area contributed by atoms with Crippen molar-refractivity contribution in [1.82, 2.24) is 5.32 Å². The fourth-order valence-corrected chi connectivity index (χ4v) is 3.98. The van der Waals surface area contributed by atoms with Gasteiger partial charge >= 0.3 is 0 Å². The van der Waals surface area contributed by atoms with Crippen LogP contribution in [-0.4, -0.2) is 13.6 Å². The summed E-state index contributed by atoms with van der Waals surface area (Å²) in [6.45, 7) is 3.44. The van der Waals surface area contributed by atoms with Gasteiger partial charge in [0, 0.05) is 4.88 Å². The fourth-order valence-electron chi connectivity index (χ4n) is 2.82. The molecule has 1 aliphatic carbocycles. The Balaban J connectivity index is 2.14. The number of rotatable bonds is 3. The van der Waals surface area contributed by atoms with E-state index in [9.17, 15) is 0 Å². The molecule has 84 valence electrons. The van der Waals surface area contributed by atoms with Gasteiger partial charge in [-0.05, 0) is 62.2 Å². The van der Waals surface area contributed by atoms with Crippen molar-refractivity contribution in [3.63, 3.8) is 0 Å². The third-order valence-electron chi connectivity index (χ3n) is 3.61. The maximum atomic E-state index is 3.35. The highest BCUT2D eigenvalue weighted by Crippen LogP contribution is 2.40. The van der Waals surface area contributed by atoms with E-state index >= 15 is 0 Å². The van der Waals surface area contributed by atoms with Gasteiger partial charge in [-0.3, -0.25) is 0 Å². The van der Waals surface area contributed by atoms with Crippen LogP contribution in [0.4, 0.5) is 0 Å². The number of hydrogen-bond acceptors (Lipinski definition) is 2. The van der Waals surface area contributed by atoms with E-state index in [4.69, 9.17) is 0 Å². The van der Waals surface area contributed by atoms with Crippen LogP contribution in [0.5, 0.6) is 0 Å². The number of nitrogens with one attached hydrogen (secondary N) is 1. The van der Waals surface area contributed by atoms with Crippen molar-refractivity contribution in [2.24, 2.45) is 5.92 Å². The molecule has 1 aromatic heterocycles. The van der Waals surface area contributed by atoms with Crippen molar-refractivity contribution in [2.75, 3.05) is 13.6 Å². The van der Waals surface area contributed by atoms with E-state index < -0.39 is 0 Å². The molecular weight excluding hydrogens is 202 g/mol. The van der Waals surface area contributed by atoms with Crippen LogP contribution in [0, 0.1) is 12.8 Å². The highest BCUT2D eigenvalue weighted by molar-refractivity contribution is 7.10. The normalized spacial score (nSPS) is 26.8. The first kappa shape index (κ1) is 11.2. The van der Waals surface area contributed by atoms with Crippen LogP contribution in [0.3, 0.4) is 0 Å². The third kappa shape index (κ3) is 2.43. The molecule has 2 rings (SSSR count). The Morgan fingerprint density at radius 1 is 1.40 bits per heavy atom. The molecule has 1 aliphatic rings. The van der Waals surface area contributed by atoms with Gasteiger partial charge in [-0.25, -0.2) is 0 Å². The first-order valence-electron chi connectivity index (χ1n) is 6.01. The second-order valence-corrected chi connectivity index (χ2v) is 5.62. The van der Waals surface area contributed by atoms with Crippen molar-refractivity contribution >= 4 is 11.3 Å². The van der Waals surface area contributed by atoms with Crippen LogP contribution in [-0.2, 0) is 0 Å². The largest absolute Gasteiger partial charge is 0.319 e. The molecule has 1 nitrogen and oxygen atoms in total. The van der Waals surface area contributed by atoms with Crippen molar-refractivity contribution in [1.29, 1.82) is 0 Å². The van der Waals surface area contributed by atoms with Crippen molar-refractivity contribution in [3.8, 4) is 0 Å². The summed E-state index contributed by atoms with van der Waals surface area (Å²) >= 11 is 1.96. The predicted octanol–water partition coefficient (Wildman–Crippen LogP) is 3.55. The Morgan fingerprint density at radius 3 is 2.87 bits per heavy atom. The number of aryl methyl sites for hydroxylation is 1. The zero-order chi connectivity index (χ0) is 10.7. The standard InChI is InChI=1S/C13H21NS/c1-10-7-8-15-13(10)12-6-4-3-5-11(12)9-14-2/h7-8,11-12,14H,3-6,9H2,1-2H3. The SMILES string of the molecule is CNCC1CCCCC1c1sccc1C. The van der Waals surface area contributed by atoms with E-state index in [1.165, 1.54) is 37.8 Å². The number of thiophene rings is 1. The topological polar surface area (TPSA) is 12.0 Å². The van der Waals surface area contributed by atoms with Crippen LogP contribution in [0.15, 0.2) is 11.4 Å². The summed E-state index contributed by atoms with van der Waals surface area (Å²) in [6.07, 6.45) is 5.64. The summed E-state index contributed by atoms with van der Waals surface area (Å²) in [4.78, 5) is 1.65. The molecule has 1 N–H and O–H groups in total. The Kier molecular flexibility index (Phi) is 3.81. The summed E-state index contributed by atoms with van der Waals surface area (Å²) in [5.41, 5.74) is 1.51. The summed E-state index contributed by atoms with van der Waals surface area (Å²) in [5, 5.41) is 5.60. The molecule has 0 bridgehead atoms. The molecule has 0 saturated heterocycles. The van der Waals surface area contributed by atoms with Crippen LogP contribution < -0.4 is 5.32 Å². The second kappa shape index (κ2) is 5.13. The second-order valence-electron chi connectivity index (χ2n) is 4.68. The molecule has 0 spiro atoms. The molecule has 1 heterocycles. The lowest BCUT2D eigenvalue weighted by atomic mass is 9.77. The van der Waals surface area contributed by atoms with Gasteiger partial charge in [0.05, 0.1) is 0 Å².